The summed E-state index contributed by atoms with van der Waals surface area (Å²) >= 11 is 0. The number of nitrogens with one attached hydrogen (secondary N) is 1. The van der Waals surface area contributed by atoms with Crippen molar-refractivity contribution in [2.24, 2.45) is 0 Å². The second-order valence-corrected chi connectivity index (χ2v) is 7.97. The van der Waals surface area contributed by atoms with Crippen molar-refractivity contribution in [3.8, 4) is 5.75 Å². The zero-order valence-electron chi connectivity index (χ0n) is 14.6. The second-order valence-electron chi connectivity index (χ2n) is 6.29. The number of halogens is 3. The van der Waals surface area contributed by atoms with Crippen LogP contribution in [0.4, 0.5) is 13.2 Å². The molecule has 0 aliphatic heterocycles. The molecule has 1 aliphatic carbocycles. The number of ether oxygens (including phenoxy) is 1. The van der Waals surface area contributed by atoms with Gasteiger partial charge >= 0.3 is 12.1 Å². The van der Waals surface area contributed by atoms with E-state index in [1.807, 2.05) is 0 Å². The van der Waals surface area contributed by atoms with Crippen molar-refractivity contribution >= 4 is 16.0 Å². The Bertz CT molecular complexity index is 1030. The molecule has 0 aromatic heterocycles. The van der Waals surface area contributed by atoms with Crippen LogP contribution in [0.25, 0.3) is 0 Å². The highest BCUT2D eigenvalue weighted by atomic mass is 32.2. The maximum Gasteiger partial charge on any atom is 0.417 e. The number of hydrogen-bond acceptors (Lipinski definition) is 4. The van der Waals surface area contributed by atoms with Gasteiger partial charge in [-0.3, -0.25) is 0 Å². The number of rotatable bonds is 5. The topological polar surface area (TPSA) is 92.7 Å². The molecule has 0 heterocycles. The van der Waals surface area contributed by atoms with Crippen molar-refractivity contribution in [2.75, 3.05) is 7.11 Å². The van der Waals surface area contributed by atoms with Crippen molar-refractivity contribution in [1.82, 2.24) is 4.72 Å². The maximum absolute atomic E-state index is 13.4. The van der Waals surface area contributed by atoms with Gasteiger partial charge in [0, 0.05) is 6.04 Å². The van der Waals surface area contributed by atoms with E-state index in [0.29, 0.717) is 24.5 Å². The van der Waals surface area contributed by atoms with Crippen LogP contribution in [0.15, 0.2) is 41.3 Å². The Morgan fingerprint density at radius 1 is 1.21 bits per heavy atom. The molecule has 150 valence electrons. The molecule has 1 aliphatic rings. The Kier molecular flexibility index (Phi) is 5.11. The Morgan fingerprint density at radius 2 is 1.93 bits per heavy atom. The minimum Gasteiger partial charge on any atom is -0.497 e. The summed E-state index contributed by atoms with van der Waals surface area (Å²) in [5.74, 6) is -1.30. The van der Waals surface area contributed by atoms with Gasteiger partial charge in [-0.25, -0.2) is 17.9 Å². The third kappa shape index (κ3) is 3.83. The minimum atomic E-state index is -4.90. The van der Waals surface area contributed by atoms with Crippen LogP contribution in [0, 0.1) is 0 Å². The van der Waals surface area contributed by atoms with E-state index in [1.165, 1.54) is 19.2 Å². The molecule has 0 bridgehead atoms. The lowest BCUT2D eigenvalue weighted by Crippen LogP contribution is -2.29. The van der Waals surface area contributed by atoms with E-state index < -0.39 is 38.7 Å². The summed E-state index contributed by atoms with van der Waals surface area (Å²) < 4.78 is 72.6. The first-order chi connectivity index (χ1) is 13.0. The minimum absolute atomic E-state index is 0.0229. The lowest BCUT2D eigenvalue weighted by atomic mass is 10.0. The molecule has 0 spiro atoms. The van der Waals surface area contributed by atoms with Gasteiger partial charge in [0.05, 0.1) is 23.1 Å². The second kappa shape index (κ2) is 7.10. The number of sulfonamides is 1. The maximum atomic E-state index is 13.4. The van der Waals surface area contributed by atoms with E-state index in [9.17, 15) is 26.4 Å². The number of benzene rings is 2. The van der Waals surface area contributed by atoms with Gasteiger partial charge in [0.2, 0.25) is 10.0 Å². The highest BCUT2D eigenvalue weighted by Gasteiger charge is 2.39. The van der Waals surface area contributed by atoms with Gasteiger partial charge in [-0.1, -0.05) is 6.07 Å². The van der Waals surface area contributed by atoms with E-state index in [-0.39, 0.29) is 11.3 Å². The monoisotopic (exact) mass is 415 g/mol. The molecule has 0 amide bonds. The number of hydrogen-bond donors (Lipinski definition) is 2. The zero-order valence-corrected chi connectivity index (χ0v) is 15.4. The summed E-state index contributed by atoms with van der Waals surface area (Å²) in [7, 11) is -3.35. The van der Waals surface area contributed by atoms with Crippen LogP contribution in [0.5, 0.6) is 5.75 Å². The Labute approximate surface area is 159 Å². The summed E-state index contributed by atoms with van der Waals surface area (Å²) in [5.41, 5.74) is -0.156. The van der Waals surface area contributed by atoms with Gasteiger partial charge < -0.3 is 9.84 Å². The van der Waals surface area contributed by atoms with Crippen LogP contribution in [-0.2, 0) is 22.6 Å². The quantitative estimate of drug-likeness (QED) is 0.781. The third-order valence-electron chi connectivity index (χ3n) is 4.55. The molecule has 0 saturated heterocycles. The molecule has 1 atom stereocenters. The molecule has 10 heteroatoms. The highest BCUT2D eigenvalue weighted by molar-refractivity contribution is 7.89. The van der Waals surface area contributed by atoms with Crippen LogP contribution in [0.1, 0.15) is 39.5 Å². The molecule has 0 saturated carbocycles. The molecule has 2 N–H and O–H groups in total. The first-order valence-corrected chi connectivity index (χ1v) is 9.65. The molecular weight excluding hydrogens is 399 g/mol. The highest BCUT2D eigenvalue weighted by Crippen LogP contribution is 2.38. The van der Waals surface area contributed by atoms with Crippen LogP contribution in [0.3, 0.4) is 0 Å². The van der Waals surface area contributed by atoms with Gasteiger partial charge in [0.25, 0.3) is 0 Å². The van der Waals surface area contributed by atoms with Gasteiger partial charge in [-0.05, 0) is 54.3 Å². The number of fused-ring (bicyclic) bond motifs is 1. The zero-order chi connectivity index (χ0) is 20.7. The van der Waals surface area contributed by atoms with E-state index in [2.05, 4.69) is 4.72 Å². The first kappa shape index (κ1) is 20.2. The van der Waals surface area contributed by atoms with E-state index in [1.54, 1.807) is 6.07 Å². The van der Waals surface area contributed by atoms with Gasteiger partial charge in [-0.15, -0.1) is 0 Å². The Hall–Kier alpha value is -2.59. The fraction of sp³-hybridized carbons (Fsp3) is 0.278. The molecule has 6 nitrogen and oxygen atoms in total. The molecule has 2 aromatic carbocycles. The average Bonchev–Trinajstić information content (AvgIpc) is 3.02. The van der Waals surface area contributed by atoms with Crippen LogP contribution in [-0.4, -0.2) is 26.6 Å². The predicted molar refractivity (Wildman–Crippen MR) is 92.8 cm³/mol. The summed E-state index contributed by atoms with van der Waals surface area (Å²) in [5, 5.41) is 9.11. The number of methoxy groups -OCH3 is 1. The molecule has 2 aromatic rings. The fourth-order valence-corrected chi connectivity index (χ4v) is 4.66. The molecular formula is C18H16F3NO5S. The molecule has 28 heavy (non-hydrogen) atoms. The van der Waals surface area contributed by atoms with Crippen molar-refractivity contribution in [2.45, 2.75) is 30.0 Å². The smallest absolute Gasteiger partial charge is 0.417 e. The number of carbonyl (C=O) groups is 1. The fourth-order valence-electron chi connectivity index (χ4n) is 3.20. The number of carboxylic acid groups (broad SMARTS) is 1. The summed E-state index contributed by atoms with van der Waals surface area (Å²) in [4.78, 5) is 10.2. The molecule has 0 unspecified atom stereocenters. The SMILES string of the molecule is COc1ccc(S(=O)(=O)N[C@@H]2CCc3ccc(C(=O)O)cc32)c(C(F)(F)F)c1. The lowest BCUT2D eigenvalue weighted by molar-refractivity contribution is -0.140. The number of carboxylic acids is 1. The molecule has 0 fully saturated rings. The van der Waals surface area contributed by atoms with Crippen molar-refractivity contribution < 1.29 is 36.2 Å². The Balaban J connectivity index is 1.99. The predicted octanol–water partition coefficient (Wildman–Crippen LogP) is 3.38. The third-order valence-corrected chi connectivity index (χ3v) is 6.08. The largest absolute Gasteiger partial charge is 0.497 e. The number of aryl methyl sites for hydroxylation is 1. The van der Waals surface area contributed by atoms with Gasteiger partial charge in [-0.2, -0.15) is 13.2 Å². The standard InChI is InChI=1S/C18H16F3NO5S/c1-27-12-5-7-16(14(9-12)18(19,20)21)28(25,26)22-15-6-4-10-2-3-11(17(23)24)8-13(10)15/h2-3,5,7-9,15,22H,4,6H2,1H3,(H,23,24)/t15-/m1/s1. The van der Waals surface area contributed by atoms with E-state index in [4.69, 9.17) is 9.84 Å². The van der Waals surface area contributed by atoms with Crippen LogP contribution in [0.2, 0.25) is 0 Å². The summed E-state index contributed by atoms with van der Waals surface area (Å²) in [6, 6.07) is 6.12. The first-order valence-electron chi connectivity index (χ1n) is 8.16. The molecule has 3 rings (SSSR count). The lowest BCUT2D eigenvalue weighted by Gasteiger charge is -2.18. The molecule has 0 radical (unpaired) electrons. The van der Waals surface area contributed by atoms with Crippen molar-refractivity contribution in [1.29, 1.82) is 0 Å². The number of aromatic carboxylic acids is 1. The van der Waals surface area contributed by atoms with Gasteiger partial charge in [0.15, 0.2) is 0 Å². The average molecular weight is 415 g/mol. The Morgan fingerprint density at radius 3 is 2.54 bits per heavy atom. The van der Waals surface area contributed by atoms with E-state index >= 15 is 0 Å². The van der Waals surface area contributed by atoms with Crippen LogP contribution < -0.4 is 9.46 Å². The van der Waals surface area contributed by atoms with Crippen molar-refractivity contribution in [3.63, 3.8) is 0 Å². The van der Waals surface area contributed by atoms with Crippen LogP contribution >= 0.6 is 0 Å². The summed E-state index contributed by atoms with van der Waals surface area (Å²) in [6.45, 7) is 0. The summed E-state index contributed by atoms with van der Waals surface area (Å²) in [6.07, 6.45) is -4.10. The van der Waals surface area contributed by atoms with Gasteiger partial charge in [0.1, 0.15) is 5.75 Å². The normalized spacial score (nSPS) is 16.6. The van der Waals surface area contributed by atoms with Crippen molar-refractivity contribution in [3.05, 3.63) is 58.7 Å². The number of alkyl halides is 3. The van der Waals surface area contributed by atoms with E-state index in [0.717, 1.165) is 17.7 Å².